The van der Waals surface area contributed by atoms with Gasteiger partial charge in [-0.1, -0.05) is 12.1 Å². The van der Waals surface area contributed by atoms with Crippen LogP contribution in [0.3, 0.4) is 0 Å². The Morgan fingerprint density at radius 3 is 2.42 bits per heavy atom. The molecule has 0 bridgehead atoms. The maximum Gasteiger partial charge on any atom is 0.374 e. The number of halogens is 1. The molecule has 5 nitrogen and oxygen atoms in total. The van der Waals surface area contributed by atoms with Gasteiger partial charge in [-0.2, -0.15) is 5.26 Å². The van der Waals surface area contributed by atoms with Gasteiger partial charge in [-0.05, 0) is 54.1 Å². The van der Waals surface area contributed by atoms with Gasteiger partial charge < -0.3 is 13.9 Å². The van der Waals surface area contributed by atoms with Crippen molar-refractivity contribution in [1.29, 1.82) is 5.26 Å². The lowest BCUT2D eigenvalue weighted by atomic mass is 10.2. The van der Waals surface area contributed by atoms with E-state index in [1.165, 1.54) is 30.3 Å². The summed E-state index contributed by atoms with van der Waals surface area (Å²) < 4.78 is 28.9. The molecule has 0 amide bonds. The summed E-state index contributed by atoms with van der Waals surface area (Å²) in [6, 6.07) is 17.5. The number of esters is 1. The normalized spacial score (nSPS) is 10.2. The second kappa shape index (κ2) is 7.99. The summed E-state index contributed by atoms with van der Waals surface area (Å²) in [5.74, 6) is 0.0637. The average molecular weight is 351 g/mol. The van der Waals surface area contributed by atoms with Gasteiger partial charge in [0.2, 0.25) is 5.76 Å². The van der Waals surface area contributed by atoms with Gasteiger partial charge >= 0.3 is 5.97 Å². The number of nitriles is 1. The van der Waals surface area contributed by atoms with Gasteiger partial charge in [0, 0.05) is 0 Å². The first-order chi connectivity index (χ1) is 12.6. The molecule has 0 fully saturated rings. The number of rotatable bonds is 6. The molecule has 0 saturated carbocycles. The third-order valence-electron chi connectivity index (χ3n) is 3.51. The summed E-state index contributed by atoms with van der Waals surface area (Å²) in [4.78, 5) is 12.0. The highest BCUT2D eigenvalue weighted by Crippen LogP contribution is 2.16. The summed E-state index contributed by atoms with van der Waals surface area (Å²) in [7, 11) is 0. The fourth-order valence-corrected chi connectivity index (χ4v) is 2.15. The minimum Gasteiger partial charge on any atom is -0.486 e. The maximum atomic E-state index is 12.8. The van der Waals surface area contributed by atoms with E-state index < -0.39 is 5.97 Å². The zero-order valence-electron chi connectivity index (χ0n) is 13.6. The van der Waals surface area contributed by atoms with Gasteiger partial charge in [-0.15, -0.1) is 0 Å². The van der Waals surface area contributed by atoms with E-state index in [-0.39, 0.29) is 24.8 Å². The van der Waals surface area contributed by atoms with Crippen molar-refractivity contribution >= 4 is 5.97 Å². The van der Waals surface area contributed by atoms with Crippen LogP contribution in [0.15, 0.2) is 65.1 Å². The molecule has 0 saturated heterocycles. The van der Waals surface area contributed by atoms with Crippen LogP contribution in [0.25, 0.3) is 0 Å². The molecule has 0 aliphatic rings. The van der Waals surface area contributed by atoms with Gasteiger partial charge in [-0.3, -0.25) is 0 Å². The number of hydrogen-bond donors (Lipinski definition) is 0. The van der Waals surface area contributed by atoms with E-state index in [1.807, 2.05) is 6.07 Å². The van der Waals surface area contributed by atoms with E-state index in [9.17, 15) is 9.18 Å². The number of hydrogen-bond acceptors (Lipinski definition) is 5. The fraction of sp³-hybridized carbons (Fsp3) is 0.100. The molecule has 3 rings (SSSR count). The van der Waals surface area contributed by atoms with E-state index >= 15 is 0 Å². The predicted molar refractivity (Wildman–Crippen MR) is 89.7 cm³/mol. The Balaban J connectivity index is 1.52. The quantitative estimate of drug-likeness (QED) is 0.622. The molecule has 0 atom stereocenters. The standard InChI is InChI=1S/C20H14FNO4/c21-16-5-7-17(8-6-16)24-13-18-9-10-19(26-18)20(23)25-12-15-3-1-14(11-22)2-4-15/h1-10H,12-13H2. The summed E-state index contributed by atoms with van der Waals surface area (Å²) in [5.41, 5.74) is 1.31. The van der Waals surface area contributed by atoms with Crippen LogP contribution >= 0.6 is 0 Å². The Morgan fingerprint density at radius 2 is 1.73 bits per heavy atom. The molecule has 130 valence electrons. The predicted octanol–water partition coefficient (Wildman–Crippen LogP) is 4.23. The number of carbonyl (C=O) groups is 1. The van der Waals surface area contributed by atoms with Crippen LogP contribution in [0, 0.1) is 17.1 Å². The van der Waals surface area contributed by atoms with Crippen LogP contribution in [-0.4, -0.2) is 5.97 Å². The lowest BCUT2D eigenvalue weighted by Crippen LogP contribution is -2.04. The van der Waals surface area contributed by atoms with Crippen molar-refractivity contribution in [2.24, 2.45) is 0 Å². The second-order valence-electron chi connectivity index (χ2n) is 5.39. The number of ether oxygens (including phenoxy) is 2. The molecule has 1 heterocycles. The Bertz CT molecular complexity index is 924. The molecule has 2 aromatic carbocycles. The van der Waals surface area contributed by atoms with Crippen molar-refractivity contribution in [1.82, 2.24) is 0 Å². The number of furan rings is 1. The van der Waals surface area contributed by atoms with Crippen molar-refractivity contribution in [3.8, 4) is 11.8 Å². The summed E-state index contributed by atoms with van der Waals surface area (Å²) in [6.07, 6.45) is 0. The van der Waals surface area contributed by atoms with Crippen molar-refractivity contribution in [2.75, 3.05) is 0 Å². The van der Waals surface area contributed by atoms with Gasteiger partial charge in [0.1, 0.15) is 30.5 Å². The molecule has 0 N–H and O–H groups in total. The molecule has 0 radical (unpaired) electrons. The Kier molecular flexibility index (Phi) is 5.30. The van der Waals surface area contributed by atoms with Gasteiger partial charge in [0.15, 0.2) is 0 Å². The van der Waals surface area contributed by atoms with Crippen LogP contribution in [-0.2, 0) is 18.0 Å². The summed E-state index contributed by atoms with van der Waals surface area (Å²) >= 11 is 0. The molecule has 1 aromatic heterocycles. The molecule has 6 heteroatoms. The first-order valence-corrected chi connectivity index (χ1v) is 7.77. The molecule has 0 unspecified atom stereocenters. The largest absolute Gasteiger partial charge is 0.486 e. The van der Waals surface area contributed by atoms with E-state index in [1.54, 1.807) is 30.3 Å². The molecule has 26 heavy (non-hydrogen) atoms. The summed E-state index contributed by atoms with van der Waals surface area (Å²) in [5, 5.41) is 8.75. The molecule has 0 aliphatic heterocycles. The lowest BCUT2D eigenvalue weighted by molar-refractivity contribution is 0.0432. The topological polar surface area (TPSA) is 72.5 Å². The van der Waals surface area contributed by atoms with E-state index in [4.69, 9.17) is 19.2 Å². The molecule has 0 aliphatic carbocycles. The first-order valence-electron chi connectivity index (χ1n) is 7.77. The molecule has 0 spiro atoms. The monoisotopic (exact) mass is 351 g/mol. The Labute approximate surface area is 149 Å². The number of carbonyl (C=O) groups excluding carboxylic acids is 1. The molecular weight excluding hydrogens is 337 g/mol. The van der Waals surface area contributed by atoms with Crippen LogP contribution in [0.5, 0.6) is 5.75 Å². The van der Waals surface area contributed by atoms with Gasteiger partial charge in [0.05, 0.1) is 11.6 Å². The summed E-state index contributed by atoms with van der Waals surface area (Å²) in [6.45, 7) is 0.182. The third-order valence-corrected chi connectivity index (χ3v) is 3.51. The van der Waals surface area contributed by atoms with E-state index in [0.717, 1.165) is 5.56 Å². The van der Waals surface area contributed by atoms with Crippen molar-refractivity contribution in [3.05, 3.63) is 89.1 Å². The Morgan fingerprint density at radius 1 is 1.00 bits per heavy atom. The second-order valence-corrected chi connectivity index (χ2v) is 5.39. The zero-order chi connectivity index (χ0) is 18.4. The highest BCUT2D eigenvalue weighted by molar-refractivity contribution is 5.86. The highest BCUT2D eigenvalue weighted by atomic mass is 19.1. The van der Waals surface area contributed by atoms with E-state index in [2.05, 4.69) is 0 Å². The SMILES string of the molecule is N#Cc1ccc(COC(=O)c2ccc(COc3ccc(F)cc3)o2)cc1. The highest BCUT2D eigenvalue weighted by Gasteiger charge is 2.13. The van der Waals surface area contributed by atoms with Crippen molar-refractivity contribution < 1.29 is 23.1 Å². The first kappa shape index (κ1) is 17.2. The molecule has 3 aromatic rings. The van der Waals surface area contributed by atoms with Crippen molar-refractivity contribution in [2.45, 2.75) is 13.2 Å². The zero-order valence-corrected chi connectivity index (χ0v) is 13.6. The maximum absolute atomic E-state index is 12.8. The van der Waals surface area contributed by atoms with Crippen LogP contribution in [0.2, 0.25) is 0 Å². The van der Waals surface area contributed by atoms with Crippen molar-refractivity contribution in [3.63, 3.8) is 0 Å². The average Bonchev–Trinajstić information content (AvgIpc) is 3.15. The van der Waals surface area contributed by atoms with Crippen LogP contribution in [0.1, 0.15) is 27.4 Å². The van der Waals surface area contributed by atoms with Gasteiger partial charge in [0.25, 0.3) is 0 Å². The van der Waals surface area contributed by atoms with Gasteiger partial charge in [-0.25, -0.2) is 9.18 Å². The van der Waals surface area contributed by atoms with E-state index in [0.29, 0.717) is 17.1 Å². The number of nitrogens with zero attached hydrogens (tertiary/aromatic N) is 1. The fourth-order valence-electron chi connectivity index (χ4n) is 2.15. The van der Waals surface area contributed by atoms with Crippen LogP contribution in [0.4, 0.5) is 4.39 Å². The lowest BCUT2D eigenvalue weighted by Gasteiger charge is -2.04. The third kappa shape index (κ3) is 4.48. The minimum atomic E-state index is -0.595. The Hall–Kier alpha value is -3.59. The smallest absolute Gasteiger partial charge is 0.374 e. The minimum absolute atomic E-state index is 0.0661. The molecular formula is C20H14FNO4. The number of benzene rings is 2. The van der Waals surface area contributed by atoms with Crippen LogP contribution < -0.4 is 4.74 Å².